The molecule has 1 saturated heterocycles. The highest BCUT2D eigenvalue weighted by Crippen LogP contribution is 2.29. The molecule has 1 heterocycles. The molecule has 0 radical (unpaired) electrons. The van der Waals surface area contributed by atoms with Crippen molar-refractivity contribution >= 4 is 21.6 Å². The maximum Gasteiger partial charge on any atom is 0.243 e. The summed E-state index contributed by atoms with van der Waals surface area (Å²) in [6, 6.07) is 10.9. The smallest absolute Gasteiger partial charge is 0.243 e. The average Bonchev–Trinajstić information content (AvgIpc) is 2.67. The van der Waals surface area contributed by atoms with Gasteiger partial charge in [0.25, 0.3) is 0 Å². The molecule has 0 aliphatic carbocycles. The molecule has 2 aromatic carbocycles. The zero-order chi connectivity index (χ0) is 21.2. The van der Waals surface area contributed by atoms with Crippen molar-refractivity contribution < 1.29 is 17.9 Å². The van der Waals surface area contributed by atoms with Crippen molar-refractivity contribution in [2.45, 2.75) is 38.5 Å². The Morgan fingerprint density at radius 2 is 1.83 bits per heavy atom. The fraction of sp³-hybridized carbons (Fsp3) is 0.409. The van der Waals surface area contributed by atoms with Crippen molar-refractivity contribution in [3.63, 3.8) is 0 Å². The minimum absolute atomic E-state index is 0.171. The second-order valence-electron chi connectivity index (χ2n) is 7.65. The van der Waals surface area contributed by atoms with Crippen LogP contribution in [-0.2, 0) is 14.8 Å². The summed E-state index contributed by atoms with van der Waals surface area (Å²) in [5.74, 6) is 0.0901. The average molecular weight is 417 g/mol. The minimum atomic E-state index is -3.66. The number of anilines is 1. The molecule has 156 valence electrons. The lowest BCUT2D eigenvalue weighted by molar-refractivity contribution is -0.120. The van der Waals surface area contributed by atoms with E-state index in [1.54, 1.807) is 31.4 Å². The second-order valence-corrected chi connectivity index (χ2v) is 9.53. The number of benzene rings is 2. The van der Waals surface area contributed by atoms with Gasteiger partial charge in [0.1, 0.15) is 5.75 Å². The van der Waals surface area contributed by atoms with Crippen LogP contribution < -0.4 is 10.1 Å². The summed E-state index contributed by atoms with van der Waals surface area (Å²) >= 11 is 0. The number of nitrogens with one attached hydrogen (secondary N) is 1. The van der Waals surface area contributed by atoms with Crippen LogP contribution in [0.5, 0.6) is 5.75 Å². The zero-order valence-electron chi connectivity index (χ0n) is 17.4. The van der Waals surface area contributed by atoms with Gasteiger partial charge in [-0.2, -0.15) is 4.31 Å². The van der Waals surface area contributed by atoms with E-state index < -0.39 is 15.9 Å². The van der Waals surface area contributed by atoms with Gasteiger partial charge in [0.2, 0.25) is 15.9 Å². The van der Waals surface area contributed by atoms with Crippen LogP contribution in [-0.4, -0.2) is 38.8 Å². The minimum Gasteiger partial charge on any atom is -0.497 e. The summed E-state index contributed by atoms with van der Waals surface area (Å²) in [5, 5.41) is 2.89. The van der Waals surface area contributed by atoms with Gasteiger partial charge >= 0.3 is 0 Å². The van der Waals surface area contributed by atoms with Crippen molar-refractivity contribution in [2.24, 2.45) is 5.92 Å². The molecule has 1 N–H and O–H groups in total. The Morgan fingerprint density at radius 3 is 2.48 bits per heavy atom. The second kappa shape index (κ2) is 8.55. The molecule has 1 fully saturated rings. The summed E-state index contributed by atoms with van der Waals surface area (Å²) in [7, 11) is -2.09. The number of piperidine rings is 1. The van der Waals surface area contributed by atoms with Crippen LogP contribution >= 0.6 is 0 Å². The summed E-state index contributed by atoms with van der Waals surface area (Å²) in [4.78, 5) is 13.1. The number of ether oxygens (including phenoxy) is 1. The molecule has 3 rings (SSSR count). The van der Waals surface area contributed by atoms with E-state index in [2.05, 4.69) is 5.32 Å². The van der Waals surface area contributed by atoms with Crippen molar-refractivity contribution in [2.75, 3.05) is 25.5 Å². The van der Waals surface area contributed by atoms with Gasteiger partial charge < -0.3 is 10.1 Å². The van der Waals surface area contributed by atoms with Crippen molar-refractivity contribution in [3.8, 4) is 5.75 Å². The molecule has 7 heteroatoms. The fourth-order valence-corrected chi connectivity index (χ4v) is 5.96. The van der Waals surface area contributed by atoms with E-state index in [4.69, 9.17) is 4.74 Å². The van der Waals surface area contributed by atoms with E-state index >= 15 is 0 Å². The number of rotatable bonds is 5. The molecular weight excluding hydrogens is 388 g/mol. The number of nitrogens with zero attached hydrogens (tertiary/aromatic N) is 1. The van der Waals surface area contributed by atoms with Crippen LogP contribution in [0.25, 0.3) is 0 Å². The van der Waals surface area contributed by atoms with Gasteiger partial charge in [0, 0.05) is 24.8 Å². The first-order chi connectivity index (χ1) is 13.7. The normalized spacial score (nSPS) is 17.7. The Morgan fingerprint density at radius 1 is 1.14 bits per heavy atom. The first kappa shape index (κ1) is 21.3. The number of aryl methyl sites for hydroxylation is 3. The molecule has 0 saturated carbocycles. The van der Waals surface area contributed by atoms with Gasteiger partial charge in [-0.05, 0) is 56.9 Å². The van der Waals surface area contributed by atoms with Gasteiger partial charge in [-0.1, -0.05) is 23.8 Å². The maximum atomic E-state index is 13.3. The summed E-state index contributed by atoms with van der Waals surface area (Å²) in [6.45, 7) is 6.22. The number of carbonyl (C=O) groups excluding carboxylic acids is 1. The molecule has 0 aromatic heterocycles. The number of methoxy groups -OCH3 is 1. The number of hydrogen-bond donors (Lipinski definition) is 1. The molecule has 1 aliphatic heterocycles. The van der Waals surface area contributed by atoms with E-state index in [0.717, 1.165) is 16.7 Å². The number of amides is 1. The van der Waals surface area contributed by atoms with Gasteiger partial charge in [0.05, 0.1) is 17.9 Å². The fourth-order valence-electron chi connectivity index (χ4n) is 4.02. The summed E-state index contributed by atoms with van der Waals surface area (Å²) in [5.41, 5.74) is 3.16. The predicted octanol–water partition coefficient (Wildman–Crippen LogP) is 3.66. The number of hydrogen-bond acceptors (Lipinski definition) is 4. The highest BCUT2D eigenvalue weighted by atomic mass is 32.2. The number of carbonyl (C=O) groups is 1. The van der Waals surface area contributed by atoms with E-state index in [1.165, 1.54) is 4.31 Å². The molecule has 1 amide bonds. The Kier molecular flexibility index (Phi) is 6.29. The van der Waals surface area contributed by atoms with Crippen LogP contribution in [0.4, 0.5) is 5.69 Å². The van der Waals surface area contributed by atoms with E-state index in [9.17, 15) is 13.2 Å². The van der Waals surface area contributed by atoms with Gasteiger partial charge in [-0.3, -0.25) is 4.79 Å². The molecule has 1 atom stereocenters. The lowest BCUT2D eigenvalue weighted by Crippen LogP contribution is -2.44. The number of sulfonamides is 1. The van der Waals surface area contributed by atoms with Gasteiger partial charge in [-0.25, -0.2) is 8.42 Å². The van der Waals surface area contributed by atoms with Crippen molar-refractivity contribution in [3.05, 3.63) is 53.1 Å². The molecule has 2 aromatic rings. The largest absolute Gasteiger partial charge is 0.497 e. The molecule has 0 bridgehead atoms. The van der Waals surface area contributed by atoms with Crippen LogP contribution in [0, 0.1) is 26.7 Å². The predicted molar refractivity (Wildman–Crippen MR) is 114 cm³/mol. The first-order valence-corrected chi connectivity index (χ1v) is 11.2. The lowest BCUT2D eigenvalue weighted by atomic mass is 9.98. The third-order valence-electron chi connectivity index (χ3n) is 5.29. The molecule has 6 nitrogen and oxygen atoms in total. The highest BCUT2D eigenvalue weighted by Gasteiger charge is 2.34. The van der Waals surface area contributed by atoms with E-state index in [0.29, 0.717) is 35.7 Å². The standard InChI is InChI=1S/C22H28N2O4S/c1-15-11-16(2)21(17(3)12-15)29(26,27)24-10-6-7-18(14-24)22(25)23-19-8-5-9-20(13-19)28-4/h5,8-9,11-13,18H,6-7,10,14H2,1-4H3,(H,23,25)/t18-/m0/s1. The monoisotopic (exact) mass is 416 g/mol. The molecule has 0 spiro atoms. The quantitative estimate of drug-likeness (QED) is 0.807. The summed E-state index contributed by atoms with van der Waals surface area (Å²) < 4.78 is 33.3. The Balaban J connectivity index is 1.78. The summed E-state index contributed by atoms with van der Waals surface area (Å²) in [6.07, 6.45) is 1.31. The Labute approximate surface area is 172 Å². The van der Waals surface area contributed by atoms with Crippen LogP contribution in [0.1, 0.15) is 29.5 Å². The molecule has 0 unspecified atom stereocenters. The third-order valence-corrected chi connectivity index (χ3v) is 7.47. The first-order valence-electron chi connectivity index (χ1n) is 9.75. The molecule has 29 heavy (non-hydrogen) atoms. The Hall–Kier alpha value is -2.38. The van der Waals surface area contributed by atoms with Crippen LogP contribution in [0.15, 0.2) is 41.3 Å². The zero-order valence-corrected chi connectivity index (χ0v) is 18.2. The van der Waals surface area contributed by atoms with E-state index in [-0.39, 0.29) is 12.5 Å². The molecule has 1 aliphatic rings. The van der Waals surface area contributed by atoms with Crippen molar-refractivity contribution in [1.82, 2.24) is 4.31 Å². The lowest BCUT2D eigenvalue weighted by Gasteiger charge is -2.32. The Bertz CT molecular complexity index is 994. The maximum absolute atomic E-state index is 13.3. The third kappa shape index (κ3) is 4.62. The van der Waals surface area contributed by atoms with Gasteiger partial charge in [-0.15, -0.1) is 0 Å². The SMILES string of the molecule is COc1cccc(NC(=O)[C@H]2CCCN(S(=O)(=O)c3c(C)cc(C)cc3C)C2)c1. The van der Waals surface area contributed by atoms with E-state index in [1.807, 2.05) is 32.9 Å². The van der Waals surface area contributed by atoms with Crippen molar-refractivity contribution in [1.29, 1.82) is 0 Å². The van der Waals surface area contributed by atoms with Crippen LogP contribution in [0.3, 0.4) is 0 Å². The topological polar surface area (TPSA) is 75.7 Å². The van der Waals surface area contributed by atoms with Gasteiger partial charge in [0.15, 0.2) is 0 Å². The van der Waals surface area contributed by atoms with Crippen LogP contribution in [0.2, 0.25) is 0 Å². The molecular formula is C22H28N2O4S. The highest BCUT2D eigenvalue weighted by molar-refractivity contribution is 7.89.